The van der Waals surface area contributed by atoms with Crippen LogP contribution in [0.3, 0.4) is 0 Å². The summed E-state index contributed by atoms with van der Waals surface area (Å²) in [7, 11) is 1.58. The fraction of sp³-hybridized carbons (Fsp3) is 0.350. The van der Waals surface area contributed by atoms with Crippen LogP contribution in [0.4, 0.5) is 4.79 Å². The minimum absolute atomic E-state index is 0.106. The largest absolute Gasteiger partial charge is 0.496 e. The second-order valence-electron chi connectivity index (χ2n) is 7.04. The van der Waals surface area contributed by atoms with E-state index in [-0.39, 0.29) is 11.9 Å². The second-order valence-corrected chi connectivity index (χ2v) is 7.04. The molecule has 2 aliphatic heterocycles. The Bertz CT molecular complexity index is 978. The Balaban J connectivity index is 1.70. The zero-order valence-corrected chi connectivity index (χ0v) is 16.2. The Morgan fingerprint density at radius 1 is 1.25 bits per heavy atom. The molecule has 0 bridgehead atoms. The second kappa shape index (κ2) is 7.03. The Morgan fingerprint density at radius 2 is 2.04 bits per heavy atom. The first kappa shape index (κ1) is 18.1. The standard InChI is InChI=1S/C20H23N5O3/c1-12-10-14-11-24(8-9-25(14)23-12)19(26)17-13(2)21-20(27)22-18(17)15-6-4-5-7-16(15)28-3/h4-7,10,18H,8-9,11H2,1-3H3,(H2,21,22,27). The number of rotatable bonds is 3. The quantitative estimate of drug-likeness (QED) is 0.850. The van der Waals surface area contributed by atoms with Crippen LogP contribution in [0.25, 0.3) is 0 Å². The molecule has 4 rings (SSSR count). The normalized spacial score (nSPS) is 19.0. The van der Waals surface area contributed by atoms with Crippen molar-refractivity contribution in [1.29, 1.82) is 0 Å². The summed E-state index contributed by atoms with van der Waals surface area (Å²) in [5.74, 6) is 0.520. The lowest BCUT2D eigenvalue weighted by Crippen LogP contribution is -2.49. The van der Waals surface area contributed by atoms with Crippen LogP contribution >= 0.6 is 0 Å². The van der Waals surface area contributed by atoms with Gasteiger partial charge in [0, 0.05) is 17.8 Å². The average Bonchev–Trinajstić information content (AvgIpc) is 3.06. The van der Waals surface area contributed by atoms with Gasteiger partial charge in [0.2, 0.25) is 0 Å². The first-order chi connectivity index (χ1) is 13.5. The minimum atomic E-state index is -0.578. The summed E-state index contributed by atoms with van der Waals surface area (Å²) in [6.45, 7) is 5.41. The highest BCUT2D eigenvalue weighted by atomic mass is 16.5. The Labute approximate surface area is 163 Å². The van der Waals surface area contributed by atoms with Crippen molar-refractivity contribution < 1.29 is 14.3 Å². The van der Waals surface area contributed by atoms with Gasteiger partial charge in [0.05, 0.1) is 43.2 Å². The number of hydrogen-bond acceptors (Lipinski definition) is 4. The van der Waals surface area contributed by atoms with Gasteiger partial charge in [-0.3, -0.25) is 9.48 Å². The van der Waals surface area contributed by atoms with E-state index in [1.807, 2.05) is 41.9 Å². The van der Waals surface area contributed by atoms with Crippen molar-refractivity contribution in [2.75, 3.05) is 13.7 Å². The van der Waals surface area contributed by atoms with E-state index in [4.69, 9.17) is 4.74 Å². The summed E-state index contributed by atoms with van der Waals surface area (Å²) >= 11 is 0. The molecule has 0 radical (unpaired) electrons. The Morgan fingerprint density at radius 3 is 2.82 bits per heavy atom. The van der Waals surface area contributed by atoms with Gasteiger partial charge in [-0.2, -0.15) is 5.10 Å². The number of fused-ring (bicyclic) bond motifs is 1. The summed E-state index contributed by atoms with van der Waals surface area (Å²) in [4.78, 5) is 27.4. The topological polar surface area (TPSA) is 88.5 Å². The number of nitrogens with zero attached hydrogens (tertiary/aromatic N) is 3. The van der Waals surface area contributed by atoms with Gasteiger partial charge in [-0.15, -0.1) is 0 Å². The molecule has 2 N–H and O–H groups in total. The molecular weight excluding hydrogens is 358 g/mol. The molecule has 0 fully saturated rings. The lowest BCUT2D eigenvalue weighted by atomic mass is 9.93. The molecule has 1 aromatic heterocycles. The van der Waals surface area contributed by atoms with Crippen LogP contribution in [0.2, 0.25) is 0 Å². The summed E-state index contributed by atoms with van der Waals surface area (Å²) in [6.07, 6.45) is 0. The maximum atomic E-state index is 13.5. The van der Waals surface area contributed by atoms with E-state index < -0.39 is 6.04 Å². The van der Waals surface area contributed by atoms with Gasteiger partial charge < -0.3 is 20.3 Å². The predicted molar refractivity (Wildman–Crippen MR) is 102 cm³/mol. The predicted octanol–water partition coefficient (Wildman–Crippen LogP) is 1.87. The number of carbonyl (C=O) groups is 2. The van der Waals surface area contributed by atoms with Crippen molar-refractivity contribution in [1.82, 2.24) is 25.3 Å². The molecule has 0 spiro atoms. The third kappa shape index (κ3) is 3.11. The molecule has 1 aromatic carbocycles. The van der Waals surface area contributed by atoms with E-state index in [1.54, 1.807) is 18.9 Å². The van der Waals surface area contributed by atoms with Crippen molar-refractivity contribution in [3.63, 3.8) is 0 Å². The first-order valence-corrected chi connectivity index (χ1v) is 9.21. The number of nitrogens with one attached hydrogen (secondary N) is 2. The van der Waals surface area contributed by atoms with Crippen molar-refractivity contribution in [3.05, 3.63) is 58.6 Å². The van der Waals surface area contributed by atoms with Gasteiger partial charge in [0.25, 0.3) is 5.91 Å². The van der Waals surface area contributed by atoms with Crippen molar-refractivity contribution in [2.24, 2.45) is 0 Å². The van der Waals surface area contributed by atoms with Gasteiger partial charge in [-0.25, -0.2) is 4.79 Å². The zero-order valence-electron chi connectivity index (χ0n) is 16.2. The lowest BCUT2D eigenvalue weighted by Gasteiger charge is -2.34. The molecule has 3 amide bonds. The highest BCUT2D eigenvalue weighted by Gasteiger charge is 2.36. The number of urea groups is 1. The number of ether oxygens (including phenoxy) is 1. The number of amides is 3. The molecule has 2 aliphatic rings. The average molecular weight is 381 g/mol. The molecule has 8 nitrogen and oxygen atoms in total. The summed E-state index contributed by atoms with van der Waals surface area (Å²) in [6, 6.07) is 8.50. The fourth-order valence-electron chi connectivity index (χ4n) is 3.87. The number of allylic oxidation sites excluding steroid dienone is 1. The van der Waals surface area contributed by atoms with Crippen LogP contribution in [0.5, 0.6) is 5.75 Å². The highest BCUT2D eigenvalue weighted by Crippen LogP contribution is 2.34. The van der Waals surface area contributed by atoms with E-state index >= 15 is 0 Å². The summed E-state index contributed by atoms with van der Waals surface area (Å²) in [5, 5.41) is 10.1. The Hall–Kier alpha value is -3.29. The van der Waals surface area contributed by atoms with Crippen LogP contribution in [-0.2, 0) is 17.9 Å². The van der Waals surface area contributed by atoms with Crippen molar-refractivity contribution in [3.8, 4) is 5.75 Å². The molecule has 3 heterocycles. The minimum Gasteiger partial charge on any atom is -0.496 e. The Kier molecular flexibility index (Phi) is 4.54. The molecule has 2 aromatic rings. The molecule has 8 heteroatoms. The molecule has 1 atom stereocenters. The van der Waals surface area contributed by atoms with Crippen LogP contribution in [0.1, 0.15) is 29.9 Å². The number of carbonyl (C=O) groups excluding carboxylic acids is 2. The van der Waals surface area contributed by atoms with Crippen LogP contribution in [0.15, 0.2) is 41.6 Å². The fourth-order valence-corrected chi connectivity index (χ4v) is 3.87. The van der Waals surface area contributed by atoms with E-state index in [1.165, 1.54) is 0 Å². The molecular formula is C20H23N5O3. The molecule has 0 saturated heterocycles. The van der Waals surface area contributed by atoms with E-state index in [9.17, 15) is 9.59 Å². The molecule has 28 heavy (non-hydrogen) atoms. The number of benzene rings is 1. The SMILES string of the molecule is COc1ccccc1C1NC(=O)NC(C)=C1C(=O)N1CCn2nc(C)cc2C1. The zero-order chi connectivity index (χ0) is 19.8. The van der Waals surface area contributed by atoms with Gasteiger partial charge >= 0.3 is 6.03 Å². The van der Waals surface area contributed by atoms with Gasteiger partial charge in [-0.1, -0.05) is 18.2 Å². The maximum absolute atomic E-state index is 13.5. The lowest BCUT2D eigenvalue weighted by molar-refractivity contribution is -0.129. The number of aromatic nitrogens is 2. The smallest absolute Gasteiger partial charge is 0.319 e. The number of aryl methyl sites for hydroxylation is 1. The molecule has 0 saturated carbocycles. The van der Waals surface area contributed by atoms with Crippen LogP contribution in [-0.4, -0.2) is 40.3 Å². The third-order valence-electron chi connectivity index (χ3n) is 5.16. The van der Waals surface area contributed by atoms with E-state index in [0.29, 0.717) is 36.7 Å². The van der Waals surface area contributed by atoms with Crippen molar-refractivity contribution >= 4 is 11.9 Å². The van der Waals surface area contributed by atoms with Gasteiger partial charge in [0.15, 0.2) is 0 Å². The first-order valence-electron chi connectivity index (χ1n) is 9.21. The summed E-state index contributed by atoms with van der Waals surface area (Å²) < 4.78 is 7.40. The molecule has 1 unspecified atom stereocenters. The monoisotopic (exact) mass is 381 g/mol. The number of methoxy groups -OCH3 is 1. The summed E-state index contributed by atoms with van der Waals surface area (Å²) in [5.41, 5.74) is 3.78. The van der Waals surface area contributed by atoms with Gasteiger partial charge in [-0.05, 0) is 26.0 Å². The molecule has 146 valence electrons. The highest BCUT2D eigenvalue weighted by molar-refractivity contribution is 5.98. The number of hydrogen-bond donors (Lipinski definition) is 2. The van der Waals surface area contributed by atoms with Gasteiger partial charge in [0.1, 0.15) is 5.75 Å². The van der Waals surface area contributed by atoms with Crippen LogP contribution in [0, 0.1) is 6.92 Å². The van der Waals surface area contributed by atoms with Crippen molar-refractivity contribution in [2.45, 2.75) is 33.0 Å². The van der Waals surface area contributed by atoms with E-state index in [2.05, 4.69) is 15.7 Å². The third-order valence-corrected chi connectivity index (χ3v) is 5.16. The molecule has 0 aliphatic carbocycles. The van der Waals surface area contributed by atoms with Crippen LogP contribution < -0.4 is 15.4 Å². The number of para-hydroxylation sites is 1. The van der Waals surface area contributed by atoms with E-state index in [0.717, 1.165) is 17.0 Å². The maximum Gasteiger partial charge on any atom is 0.319 e.